The summed E-state index contributed by atoms with van der Waals surface area (Å²) in [7, 11) is 0. The van der Waals surface area contributed by atoms with Gasteiger partial charge in [0, 0.05) is 17.1 Å². The SMILES string of the molecule is CC1CCCC1CNCc1cc(Cl)cc(Cl)c1O. The van der Waals surface area contributed by atoms with E-state index in [1.165, 1.54) is 19.3 Å². The third-order valence-electron chi connectivity index (χ3n) is 3.87. The van der Waals surface area contributed by atoms with E-state index in [-0.39, 0.29) is 5.75 Å². The standard InChI is InChI=1S/C14H19Cl2NO/c1-9-3-2-4-10(9)7-17-8-11-5-12(15)6-13(16)14(11)18/h5-6,9-10,17-18H,2-4,7-8H2,1H3. The third kappa shape index (κ3) is 3.31. The minimum atomic E-state index is 0.132. The van der Waals surface area contributed by atoms with E-state index in [0.717, 1.165) is 23.9 Å². The van der Waals surface area contributed by atoms with Gasteiger partial charge in [0.05, 0.1) is 5.02 Å². The lowest BCUT2D eigenvalue weighted by atomic mass is 9.98. The molecule has 2 nitrogen and oxygen atoms in total. The van der Waals surface area contributed by atoms with Crippen LogP contribution in [0.3, 0.4) is 0 Å². The predicted octanol–water partition coefficient (Wildman–Crippen LogP) is 4.22. The zero-order valence-corrected chi connectivity index (χ0v) is 12.1. The van der Waals surface area contributed by atoms with Gasteiger partial charge in [-0.3, -0.25) is 0 Å². The van der Waals surface area contributed by atoms with Crippen molar-refractivity contribution >= 4 is 23.2 Å². The van der Waals surface area contributed by atoms with Crippen LogP contribution < -0.4 is 5.32 Å². The minimum Gasteiger partial charge on any atom is -0.506 e. The molecule has 0 heterocycles. The van der Waals surface area contributed by atoms with Crippen LogP contribution in [0, 0.1) is 11.8 Å². The molecule has 0 aromatic heterocycles. The van der Waals surface area contributed by atoms with Crippen molar-refractivity contribution in [1.82, 2.24) is 5.32 Å². The molecule has 0 aliphatic heterocycles. The van der Waals surface area contributed by atoms with Crippen molar-refractivity contribution in [2.45, 2.75) is 32.7 Å². The maximum atomic E-state index is 9.84. The second-order valence-corrected chi connectivity index (χ2v) is 6.04. The molecule has 2 atom stereocenters. The number of phenols is 1. The van der Waals surface area contributed by atoms with Crippen molar-refractivity contribution in [2.24, 2.45) is 11.8 Å². The summed E-state index contributed by atoms with van der Waals surface area (Å²) in [5.74, 6) is 1.68. The minimum absolute atomic E-state index is 0.132. The molecule has 2 N–H and O–H groups in total. The number of hydrogen-bond acceptors (Lipinski definition) is 2. The molecule has 0 amide bonds. The zero-order valence-electron chi connectivity index (χ0n) is 10.5. The van der Waals surface area contributed by atoms with Crippen molar-refractivity contribution in [2.75, 3.05) is 6.54 Å². The van der Waals surface area contributed by atoms with E-state index in [4.69, 9.17) is 23.2 Å². The second-order valence-electron chi connectivity index (χ2n) is 5.19. The van der Waals surface area contributed by atoms with Gasteiger partial charge in [-0.2, -0.15) is 0 Å². The molecule has 1 aromatic rings. The van der Waals surface area contributed by atoms with Crippen LogP contribution in [0.5, 0.6) is 5.75 Å². The lowest BCUT2D eigenvalue weighted by molar-refractivity contribution is 0.389. The van der Waals surface area contributed by atoms with Crippen LogP contribution in [0.4, 0.5) is 0 Å². The quantitative estimate of drug-likeness (QED) is 0.869. The Morgan fingerprint density at radius 1 is 1.33 bits per heavy atom. The first-order valence-electron chi connectivity index (χ1n) is 6.45. The predicted molar refractivity (Wildman–Crippen MR) is 76.3 cm³/mol. The Kier molecular flexibility index (Phi) is 4.77. The van der Waals surface area contributed by atoms with Gasteiger partial charge in [-0.25, -0.2) is 0 Å². The summed E-state index contributed by atoms with van der Waals surface area (Å²) in [5.41, 5.74) is 0.762. The molecule has 0 saturated heterocycles. The van der Waals surface area contributed by atoms with Crippen LogP contribution >= 0.6 is 23.2 Å². The Morgan fingerprint density at radius 2 is 2.11 bits per heavy atom. The molecule has 2 unspecified atom stereocenters. The van der Waals surface area contributed by atoms with Crippen molar-refractivity contribution in [1.29, 1.82) is 0 Å². The first-order valence-corrected chi connectivity index (χ1v) is 7.21. The summed E-state index contributed by atoms with van der Waals surface area (Å²) in [6, 6.07) is 3.31. The lowest BCUT2D eigenvalue weighted by Gasteiger charge is -2.16. The maximum absolute atomic E-state index is 9.84. The number of halogens is 2. The topological polar surface area (TPSA) is 32.3 Å². The second kappa shape index (κ2) is 6.14. The van der Waals surface area contributed by atoms with Crippen LogP contribution in [-0.4, -0.2) is 11.7 Å². The summed E-state index contributed by atoms with van der Waals surface area (Å²) in [6.45, 7) is 3.91. The van der Waals surface area contributed by atoms with Crippen molar-refractivity contribution in [3.8, 4) is 5.75 Å². The first-order chi connectivity index (χ1) is 8.58. The highest BCUT2D eigenvalue weighted by atomic mass is 35.5. The first kappa shape index (κ1) is 14.0. The molecule has 0 spiro atoms. The van der Waals surface area contributed by atoms with Gasteiger partial charge in [0.25, 0.3) is 0 Å². The Labute approximate surface area is 118 Å². The molecule has 1 aromatic carbocycles. The Balaban J connectivity index is 1.90. The van der Waals surface area contributed by atoms with Crippen LogP contribution in [0.2, 0.25) is 10.0 Å². The van der Waals surface area contributed by atoms with Crippen LogP contribution in [0.25, 0.3) is 0 Å². The number of rotatable bonds is 4. The molecule has 1 aliphatic carbocycles. The molecular weight excluding hydrogens is 269 g/mol. The van der Waals surface area contributed by atoms with E-state index in [1.807, 2.05) is 0 Å². The Morgan fingerprint density at radius 3 is 2.78 bits per heavy atom. The molecule has 2 rings (SSSR count). The van der Waals surface area contributed by atoms with Crippen LogP contribution in [-0.2, 0) is 6.54 Å². The van der Waals surface area contributed by atoms with Crippen LogP contribution in [0.1, 0.15) is 31.7 Å². The van der Waals surface area contributed by atoms with E-state index < -0.39 is 0 Å². The maximum Gasteiger partial charge on any atom is 0.138 e. The van der Waals surface area contributed by atoms with Crippen molar-refractivity contribution in [3.63, 3.8) is 0 Å². The Hall–Kier alpha value is -0.440. The van der Waals surface area contributed by atoms with E-state index in [9.17, 15) is 5.11 Å². The summed E-state index contributed by atoms with van der Waals surface area (Å²) in [6.07, 6.45) is 3.97. The summed E-state index contributed by atoms with van der Waals surface area (Å²) in [4.78, 5) is 0. The zero-order chi connectivity index (χ0) is 13.1. The summed E-state index contributed by atoms with van der Waals surface area (Å²) >= 11 is 11.8. The molecule has 1 fully saturated rings. The smallest absolute Gasteiger partial charge is 0.138 e. The van der Waals surface area contributed by atoms with E-state index in [1.54, 1.807) is 12.1 Å². The number of benzene rings is 1. The molecule has 100 valence electrons. The van der Waals surface area contributed by atoms with Crippen LogP contribution in [0.15, 0.2) is 12.1 Å². The van der Waals surface area contributed by atoms with Crippen molar-refractivity contribution < 1.29 is 5.11 Å². The monoisotopic (exact) mass is 287 g/mol. The van der Waals surface area contributed by atoms with Gasteiger partial charge in [0.1, 0.15) is 5.75 Å². The fraction of sp³-hybridized carbons (Fsp3) is 0.571. The number of hydrogen-bond donors (Lipinski definition) is 2. The van der Waals surface area contributed by atoms with Gasteiger partial charge in [-0.15, -0.1) is 0 Å². The lowest BCUT2D eigenvalue weighted by Crippen LogP contribution is -2.24. The average Bonchev–Trinajstić information content (AvgIpc) is 2.71. The molecular formula is C14H19Cl2NO. The fourth-order valence-corrected chi connectivity index (χ4v) is 3.21. The highest BCUT2D eigenvalue weighted by Crippen LogP contribution is 2.32. The number of aromatic hydroxyl groups is 1. The highest BCUT2D eigenvalue weighted by Gasteiger charge is 2.22. The largest absolute Gasteiger partial charge is 0.506 e. The van der Waals surface area contributed by atoms with E-state index in [0.29, 0.717) is 16.6 Å². The van der Waals surface area contributed by atoms with Crippen molar-refractivity contribution in [3.05, 3.63) is 27.7 Å². The van der Waals surface area contributed by atoms with Gasteiger partial charge < -0.3 is 10.4 Å². The van der Waals surface area contributed by atoms with E-state index in [2.05, 4.69) is 12.2 Å². The average molecular weight is 288 g/mol. The summed E-state index contributed by atoms with van der Waals surface area (Å²) < 4.78 is 0. The fourth-order valence-electron chi connectivity index (χ4n) is 2.67. The molecule has 0 bridgehead atoms. The number of phenolic OH excluding ortho intramolecular Hbond substituents is 1. The Bertz CT molecular complexity index is 423. The molecule has 4 heteroatoms. The van der Waals surface area contributed by atoms with Gasteiger partial charge in [0.2, 0.25) is 0 Å². The highest BCUT2D eigenvalue weighted by molar-refractivity contribution is 6.35. The van der Waals surface area contributed by atoms with Gasteiger partial charge in [0.15, 0.2) is 0 Å². The summed E-state index contributed by atoms with van der Waals surface area (Å²) in [5, 5.41) is 14.1. The van der Waals surface area contributed by atoms with Gasteiger partial charge >= 0.3 is 0 Å². The van der Waals surface area contributed by atoms with Gasteiger partial charge in [-0.05, 0) is 36.9 Å². The van der Waals surface area contributed by atoms with Gasteiger partial charge in [-0.1, -0.05) is 43.0 Å². The number of nitrogens with one attached hydrogen (secondary N) is 1. The molecule has 1 aliphatic rings. The normalized spacial score (nSPS) is 23.5. The molecule has 18 heavy (non-hydrogen) atoms. The molecule has 0 radical (unpaired) electrons. The third-order valence-corrected chi connectivity index (χ3v) is 4.37. The van der Waals surface area contributed by atoms with E-state index >= 15 is 0 Å². The molecule has 1 saturated carbocycles.